The summed E-state index contributed by atoms with van der Waals surface area (Å²) in [5.41, 5.74) is 5.57. The third-order valence-corrected chi connectivity index (χ3v) is 8.88. The van der Waals surface area contributed by atoms with Crippen LogP contribution in [0.3, 0.4) is 0 Å². The molecule has 1 aliphatic heterocycles. The smallest absolute Gasteiger partial charge is 0.237 e. The molecule has 1 aliphatic carbocycles. The number of carbonyl (C=O) groups excluding carboxylic acids is 3. The summed E-state index contributed by atoms with van der Waals surface area (Å²) in [5, 5.41) is 3.03. The summed E-state index contributed by atoms with van der Waals surface area (Å²) in [6, 6.07) is 9.66. The average molecular weight is 494 g/mol. The van der Waals surface area contributed by atoms with Gasteiger partial charge in [-0.25, -0.2) is 4.98 Å². The summed E-state index contributed by atoms with van der Waals surface area (Å²) in [7, 11) is 0. The van der Waals surface area contributed by atoms with Gasteiger partial charge in [0.15, 0.2) is 4.34 Å². The normalized spacial score (nSPS) is 20.1. The number of hydrogen-bond acceptors (Lipinski definition) is 6. The number of nitrogens with one attached hydrogen (secondary N) is 1. The predicted molar refractivity (Wildman–Crippen MR) is 138 cm³/mol. The fourth-order valence-electron chi connectivity index (χ4n) is 5.19. The number of thioether (sulfide) groups is 1. The zero-order valence-electron chi connectivity index (χ0n) is 19.5. The van der Waals surface area contributed by atoms with Gasteiger partial charge in [0.2, 0.25) is 17.7 Å². The molecule has 5 rings (SSSR count). The van der Waals surface area contributed by atoms with Gasteiger partial charge in [-0.15, -0.1) is 11.3 Å². The predicted octanol–water partition coefficient (Wildman–Crippen LogP) is 5.63. The molecule has 6 nitrogen and oxygen atoms in total. The van der Waals surface area contributed by atoms with Crippen molar-refractivity contribution in [1.82, 2.24) is 4.98 Å². The first kappa shape index (κ1) is 23.1. The van der Waals surface area contributed by atoms with Crippen molar-refractivity contribution in [3.8, 4) is 0 Å². The van der Waals surface area contributed by atoms with Gasteiger partial charge in [-0.2, -0.15) is 0 Å². The number of aryl methyl sites for hydroxylation is 3. The van der Waals surface area contributed by atoms with Crippen molar-refractivity contribution in [2.45, 2.75) is 50.8 Å². The van der Waals surface area contributed by atoms with Crippen LogP contribution in [0, 0.1) is 32.6 Å². The van der Waals surface area contributed by atoms with E-state index in [1.807, 2.05) is 32.9 Å². The maximum absolute atomic E-state index is 12.9. The number of anilines is 2. The third-order valence-electron chi connectivity index (χ3n) is 6.72. The Morgan fingerprint density at radius 3 is 2.35 bits per heavy atom. The van der Waals surface area contributed by atoms with Crippen molar-refractivity contribution in [2.24, 2.45) is 11.8 Å². The molecule has 2 atom stereocenters. The van der Waals surface area contributed by atoms with Crippen LogP contribution in [0.15, 0.2) is 34.7 Å². The molecule has 0 spiro atoms. The highest BCUT2D eigenvalue weighted by molar-refractivity contribution is 8.01. The van der Waals surface area contributed by atoms with E-state index in [0.717, 1.165) is 57.1 Å². The van der Waals surface area contributed by atoms with Gasteiger partial charge in [0.05, 0.1) is 33.5 Å². The Hall–Kier alpha value is -2.71. The second-order valence-corrected chi connectivity index (χ2v) is 11.5. The Bertz CT molecular complexity index is 1270. The quantitative estimate of drug-likeness (QED) is 0.368. The Kier molecular flexibility index (Phi) is 6.20. The molecule has 1 aromatic heterocycles. The van der Waals surface area contributed by atoms with E-state index in [2.05, 4.69) is 22.4 Å². The molecule has 1 N–H and O–H groups in total. The lowest BCUT2D eigenvalue weighted by Crippen LogP contribution is -2.30. The molecular formula is C26H27N3O3S2. The lowest BCUT2D eigenvalue weighted by Gasteiger charge is -2.19. The molecule has 2 aliphatic rings. The zero-order valence-corrected chi connectivity index (χ0v) is 21.1. The first-order chi connectivity index (χ1) is 16.3. The first-order valence-corrected chi connectivity index (χ1v) is 13.4. The number of carbonyl (C=O) groups is 3. The fraction of sp³-hybridized carbons (Fsp3) is 0.385. The molecule has 2 heterocycles. The SMILES string of the molecule is Cc1cc(C)c(NC(=O)CSc2nc3ccc(N4C(=O)[C@H]5CCCC[C@@H]5C4=O)cc3s2)c(C)c1. The summed E-state index contributed by atoms with van der Waals surface area (Å²) in [6.45, 7) is 6.04. The second kappa shape index (κ2) is 9.15. The molecular weight excluding hydrogens is 466 g/mol. The van der Waals surface area contributed by atoms with Crippen molar-refractivity contribution in [2.75, 3.05) is 16.0 Å². The van der Waals surface area contributed by atoms with Gasteiger partial charge in [0.1, 0.15) is 0 Å². The molecule has 0 bridgehead atoms. The highest BCUT2D eigenvalue weighted by atomic mass is 32.2. The van der Waals surface area contributed by atoms with Gasteiger partial charge in [0.25, 0.3) is 0 Å². The minimum absolute atomic E-state index is 0.0634. The number of aromatic nitrogens is 1. The van der Waals surface area contributed by atoms with Crippen molar-refractivity contribution in [3.05, 3.63) is 47.0 Å². The van der Waals surface area contributed by atoms with Crippen molar-refractivity contribution in [3.63, 3.8) is 0 Å². The Morgan fingerprint density at radius 2 is 1.71 bits per heavy atom. The van der Waals surface area contributed by atoms with Gasteiger partial charge in [-0.1, -0.05) is 42.3 Å². The van der Waals surface area contributed by atoms with Crippen LogP contribution in [0.2, 0.25) is 0 Å². The highest BCUT2D eigenvalue weighted by Gasteiger charge is 2.48. The molecule has 1 saturated carbocycles. The molecule has 176 valence electrons. The van der Waals surface area contributed by atoms with Crippen LogP contribution >= 0.6 is 23.1 Å². The Labute approximate surface area is 207 Å². The number of amides is 3. The largest absolute Gasteiger partial charge is 0.325 e. The van der Waals surface area contributed by atoms with Crippen LogP contribution in [-0.2, 0) is 14.4 Å². The Morgan fingerprint density at radius 1 is 1.06 bits per heavy atom. The van der Waals surface area contributed by atoms with Crippen LogP contribution in [0.4, 0.5) is 11.4 Å². The van der Waals surface area contributed by atoms with E-state index in [1.54, 1.807) is 6.07 Å². The molecule has 8 heteroatoms. The molecule has 2 fully saturated rings. The van der Waals surface area contributed by atoms with Crippen molar-refractivity contribution in [1.29, 1.82) is 0 Å². The van der Waals surface area contributed by atoms with Crippen LogP contribution in [0.1, 0.15) is 42.4 Å². The van der Waals surface area contributed by atoms with E-state index in [1.165, 1.54) is 33.6 Å². The standard InChI is InChI=1S/C26H27N3O3S2/c1-14-10-15(2)23(16(3)11-14)28-22(30)13-33-26-27-20-9-8-17(12-21(20)34-26)29-24(31)18-6-4-5-7-19(18)25(29)32/h8-12,18-19H,4-7,13H2,1-3H3,(H,28,30)/t18-,19-/m0/s1. The number of rotatable bonds is 5. The topological polar surface area (TPSA) is 79.4 Å². The molecule has 0 radical (unpaired) electrons. The summed E-state index contributed by atoms with van der Waals surface area (Å²) < 4.78 is 1.69. The average Bonchev–Trinajstić information content (AvgIpc) is 3.32. The number of thiazole rings is 1. The van der Waals surface area contributed by atoms with Gasteiger partial charge in [0, 0.05) is 5.69 Å². The minimum Gasteiger partial charge on any atom is -0.325 e. The summed E-state index contributed by atoms with van der Waals surface area (Å²) >= 11 is 2.87. The lowest BCUT2D eigenvalue weighted by molar-refractivity contribution is -0.122. The number of imide groups is 1. The number of benzene rings is 2. The lowest BCUT2D eigenvalue weighted by atomic mass is 9.81. The highest BCUT2D eigenvalue weighted by Crippen LogP contribution is 2.41. The molecule has 1 saturated heterocycles. The monoisotopic (exact) mass is 493 g/mol. The fourth-order valence-corrected chi connectivity index (χ4v) is 7.09. The summed E-state index contributed by atoms with van der Waals surface area (Å²) in [5.74, 6) is -0.270. The molecule has 2 aromatic carbocycles. The molecule has 34 heavy (non-hydrogen) atoms. The van der Waals surface area contributed by atoms with E-state index in [-0.39, 0.29) is 35.3 Å². The third kappa shape index (κ3) is 4.25. The van der Waals surface area contributed by atoms with Gasteiger partial charge in [-0.3, -0.25) is 19.3 Å². The minimum atomic E-state index is -0.163. The van der Waals surface area contributed by atoms with E-state index < -0.39 is 0 Å². The van der Waals surface area contributed by atoms with Crippen LogP contribution in [0.25, 0.3) is 10.2 Å². The van der Waals surface area contributed by atoms with Gasteiger partial charge in [-0.05, 0) is 62.9 Å². The van der Waals surface area contributed by atoms with E-state index in [0.29, 0.717) is 5.69 Å². The Balaban J connectivity index is 1.29. The molecule has 0 unspecified atom stereocenters. The first-order valence-electron chi connectivity index (χ1n) is 11.6. The van der Waals surface area contributed by atoms with Crippen molar-refractivity contribution >= 4 is 62.4 Å². The zero-order chi connectivity index (χ0) is 24.0. The maximum atomic E-state index is 12.9. The van der Waals surface area contributed by atoms with Crippen molar-refractivity contribution < 1.29 is 14.4 Å². The van der Waals surface area contributed by atoms with Gasteiger partial charge >= 0.3 is 0 Å². The summed E-state index contributed by atoms with van der Waals surface area (Å²) in [6.07, 6.45) is 3.64. The maximum Gasteiger partial charge on any atom is 0.237 e. The number of fused-ring (bicyclic) bond motifs is 2. The van der Waals surface area contributed by atoms with Crippen LogP contribution in [-0.4, -0.2) is 28.5 Å². The second-order valence-electron chi connectivity index (χ2n) is 9.25. The molecule has 3 aromatic rings. The molecule has 3 amide bonds. The summed E-state index contributed by atoms with van der Waals surface area (Å²) in [4.78, 5) is 44.4. The van der Waals surface area contributed by atoms with Crippen LogP contribution in [0.5, 0.6) is 0 Å². The van der Waals surface area contributed by atoms with Gasteiger partial charge < -0.3 is 5.32 Å². The number of nitrogens with zero attached hydrogens (tertiary/aromatic N) is 2. The van der Waals surface area contributed by atoms with E-state index in [4.69, 9.17) is 0 Å². The number of hydrogen-bond donors (Lipinski definition) is 1. The van der Waals surface area contributed by atoms with E-state index in [9.17, 15) is 14.4 Å². The van der Waals surface area contributed by atoms with Crippen LogP contribution < -0.4 is 10.2 Å². The van der Waals surface area contributed by atoms with E-state index >= 15 is 0 Å².